The number of hydrogen-bond acceptors (Lipinski definition) is 5. The summed E-state index contributed by atoms with van der Waals surface area (Å²) in [7, 11) is 1.57. The smallest absolute Gasteiger partial charge is 0.338 e. The number of rotatable bonds is 8. The van der Waals surface area contributed by atoms with Crippen molar-refractivity contribution in [2.24, 2.45) is 0 Å². The van der Waals surface area contributed by atoms with Crippen LogP contribution in [0.15, 0.2) is 48.5 Å². The Bertz CT molecular complexity index is 833. The Balaban J connectivity index is 1.85. The number of benzene rings is 2. The number of methoxy groups -OCH3 is 1. The van der Waals surface area contributed by atoms with Crippen LogP contribution in [-0.2, 0) is 20.9 Å². The Hall–Kier alpha value is -3.35. The average molecular weight is 384 g/mol. The molecule has 2 aromatic rings. The van der Waals surface area contributed by atoms with Gasteiger partial charge in [-0.2, -0.15) is 0 Å². The van der Waals surface area contributed by atoms with Gasteiger partial charge in [-0.05, 0) is 30.7 Å². The third-order valence-electron chi connectivity index (χ3n) is 4.05. The van der Waals surface area contributed by atoms with Crippen molar-refractivity contribution in [2.75, 3.05) is 13.7 Å². The molecular formula is C21H24N2O5. The number of amides is 2. The zero-order valence-corrected chi connectivity index (χ0v) is 16.2. The van der Waals surface area contributed by atoms with Crippen LogP contribution in [0.1, 0.15) is 41.4 Å². The zero-order chi connectivity index (χ0) is 20.5. The van der Waals surface area contributed by atoms with Crippen molar-refractivity contribution in [3.8, 4) is 5.75 Å². The van der Waals surface area contributed by atoms with E-state index in [9.17, 15) is 14.4 Å². The molecule has 2 rings (SSSR count). The summed E-state index contributed by atoms with van der Waals surface area (Å²) in [4.78, 5) is 35.1. The fraction of sp³-hybridized carbons (Fsp3) is 0.286. The van der Waals surface area contributed by atoms with E-state index in [1.54, 1.807) is 31.4 Å². The molecule has 7 nitrogen and oxygen atoms in total. The summed E-state index contributed by atoms with van der Waals surface area (Å²) in [6.07, 6.45) is 0. The summed E-state index contributed by atoms with van der Waals surface area (Å²) in [5, 5.41) is 5.45. The van der Waals surface area contributed by atoms with Crippen LogP contribution in [0.2, 0.25) is 0 Å². The van der Waals surface area contributed by atoms with Gasteiger partial charge >= 0.3 is 5.97 Å². The third kappa shape index (κ3) is 6.12. The molecular weight excluding hydrogens is 360 g/mol. The Labute approximate surface area is 164 Å². The van der Waals surface area contributed by atoms with Crippen molar-refractivity contribution in [1.82, 2.24) is 10.6 Å². The number of para-hydroxylation sites is 1. The van der Waals surface area contributed by atoms with Crippen LogP contribution in [0.5, 0.6) is 5.75 Å². The molecule has 0 radical (unpaired) electrons. The predicted molar refractivity (Wildman–Crippen MR) is 104 cm³/mol. The van der Waals surface area contributed by atoms with E-state index in [2.05, 4.69) is 10.6 Å². The largest absolute Gasteiger partial charge is 0.496 e. The summed E-state index contributed by atoms with van der Waals surface area (Å²) in [5.41, 5.74) is 2.02. The van der Waals surface area contributed by atoms with E-state index in [0.717, 1.165) is 11.1 Å². The first-order valence-electron chi connectivity index (χ1n) is 8.83. The van der Waals surface area contributed by atoms with Gasteiger partial charge in [0.25, 0.3) is 5.91 Å². The summed E-state index contributed by atoms with van der Waals surface area (Å²) in [6, 6.07) is 13.7. The Morgan fingerprint density at radius 3 is 2.36 bits per heavy atom. The summed E-state index contributed by atoms with van der Waals surface area (Å²) < 4.78 is 10.4. The van der Waals surface area contributed by atoms with Gasteiger partial charge in [0.15, 0.2) is 6.61 Å². The molecule has 1 unspecified atom stereocenters. The topological polar surface area (TPSA) is 93.7 Å². The molecule has 0 bridgehead atoms. The maximum atomic E-state index is 12.1. The van der Waals surface area contributed by atoms with E-state index < -0.39 is 11.9 Å². The first-order valence-corrected chi connectivity index (χ1v) is 8.83. The van der Waals surface area contributed by atoms with Crippen molar-refractivity contribution >= 4 is 17.8 Å². The third-order valence-corrected chi connectivity index (χ3v) is 4.05. The molecule has 1 atom stereocenters. The highest BCUT2D eigenvalue weighted by Gasteiger charge is 2.15. The highest BCUT2D eigenvalue weighted by Crippen LogP contribution is 2.24. The molecule has 148 valence electrons. The first kappa shape index (κ1) is 21.0. The second-order valence-electron chi connectivity index (χ2n) is 6.21. The first-order chi connectivity index (χ1) is 13.4. The van der Waals surface area contributed by atoms with Gasteiger partial charge in [-0.25, -0.2) is 4.79 Å². The van der Waals surface area contributed by atoms with Gasteiger partial charge in [0.05, 0.1) is 18.7 Å². The van der Waals surface area contributed by atoms with Crippen molar-refractivity contribution in [2.45, 2.75) is 26.4 Å². The molecule has 0 aliphatic rings. The van der Waals surface area contributed by atoms with Crippen molar-refractivity contribution in [3.05, 3.63) is 65.2 Å². The summed E-state index contributed by atoms with van der Waals surface area (Å²) in [5.74, 6) is -0.455. The lowest BCUT2D eigenvalue weighted by molar-refractivity contribution is -0.125. The second kappa shape index (κ2) is 10.1. The van der Waals surface area contributed by atoms with Crippen molar-refractivity contribution in [1.29, 1.82) is 0 Å². The maximum absolute atomic E-state index is 12.1. The average Bonchev–Trinajstić information content (AvgIpc) is 2.70. The monoisotopic (exact) mass is 384 g/mol. The maximum Gasteiger partial charge on any atom is 0.338 e. The van der Waals surface area contributed by atoms with Gasteiger partial charge in [0.1, 0.15) is 5.75 Å². The lowest BCUT2D eigenvalue weighted by atomic mass is 10.1. The molecule has 2 amide bonds. The number of nitrogens with one attached hydrogen (secondary N) is 2. The van der Waals surface area contributed by atoms with E-state index in [1.165, 1.54) is 6.92 Å². The standard InChI is InChI=1S/C21H24N2O5/c1-14(18-6-4-5-7-19(18)27-3)23-20(25)13-28-21(26)17-10-8-16(9-11-17)12-22-15(2)24/h4-11,14H,12-13H2,1-3H3,(H,22,24)(H,23,25). The molecule has 0 fully saturated rings. The van der Waals surface area contributed by atoms with Crippen molar-refractivity contribution in [3.63, 3.8) is 0 Å². The zero-order valence-electron chi connectivity index (χ0n) is 16.2. The highest BCUT2D eigenvalue weighted by atomic mass is 16.5. The number of hydrogen-bond donors (Lipinski definition) is 2. The molecule has 0 spiro atoms. The lowest BCUT2D eigenvalue weighted by Gasteiger charge is -2.17. The van der Waals surface area contributed by atoms with Gasteiger partial charge < -0.3 is 20.1 Å². The Kier molecular flexibility index (Phi) is 7.56. The fourth-order valence-corrected chi connectivity index (χ4v) is 2.58. The minimum absolute atomic E-state index is 0.128. The number of carbonyl (C=O) groups is 3. The van der Waals surface area contributed by atoms with E-state index in [4.69, 9.17) is 9.47 Å². The normalized spacial score (nSPS) is 11.2. The molecule has 28 heavy (non-hydrogen) atoms. The molecule has 2 aromatic carbocycles. The van der Waals surface area contributed by atoms with E-state index in [0.29, 0.717) is 17.9 Å². The van der Waals surface area contributed by atoms with E-state index in [1.807, 2.05) is 31.2 Å². The van der Waals surface area contributed by atoms with Crippen molar-refractivity contribution < 1.29 is 23.9 Å². The molecule has 2 N–H and O–H groups in total. The van der Waals surface area contributed by atoms with Crippen LogP contribution >= 0.6 is 0 Å². The molecule has 0 saturated carbocycles. The van der Waals surface area contributed by atoms with Gasteiger partial charge in [-0.3, -0.25) is 9.59 Å². The molecule has 0 saturated heterocycles. The number of carbonyl (C=O) groups excluding carboxylic acids is 3. The SMILES string of the molecule is COc1ccccc1C(C)NC(=O)COC(=O)c1ccc(CNC(C)=O)cc1. The van der Waals surface area contributed by atoms with Crippen LogP contribution in [-0.4, -0.2) is 31.5 Å². The van der Waals surface area contributed by atoms with Crippen LogP contribution < -0.4 is 15.4 Å². The van der Waals surface area contributed by atoms with Crippen LogP contribution in [0.3, 0.4) is 0 Å². The molecule has 0 aliphatic heterocycles. The van der Waals surface area contributed by atoms with Gasteiger partial charge in [0, 0.05) is 19.0 Å². The quantitative estimate of drug-likeness (QED) is 0.682. The number of esters is 1. The minimum Gasteiger partial charge on any atom is -0.496 e. The summed E-state index contributed by atoms with van der Waals surface area (Å²) in [6.45, 7) is 3.26. The summed E-state index contributed by atoms with van der Waals surface area (Å²) >= 11 is 0. The predicted octanol–water partition coefficient (Wildman–Crippen LogP) is 2.37. The van der Waals surface area contributed by atoms with E-state index in [-0.39, 0.29) is 18.6 Å². The number of ether oxygens (including phenoxy) is 2. The van der Waals surface area contributed by atoms with Gasteiger partial charge in [-0.1, -0.05) is 30.3 Å². The van der Waals surface area contributed by atoms with Crippen LogP contribution in [0, 0.1) is 0 Å². The minimum atomic E-state index is -0.592. The molecule has 7 heteroatoms. The Morgan fingerprint density at radius 2 is 1.71 bits per heavy atom. The van der Waals surface area contributed by atoms with Gasteiger partial charge in [-0.15, -0.1) is 0 Å². The van der Waals surface area contributed by atoms with Gasteiger partial charge in [0.2, 0.25) is 5.91 Å². The molecule has 0 aliphatic carbocycles. The fourth-order valence-electron chi connectivity index (χ4n) is 2.58. The molecule has 0 heterocycles. The van der Waals surface area contributed by atoms with Crippen LogP contribution in [0.4, 0.5) is 0 Å². The highest BCUT2D eigenvalue weighted by molar-refractivity contribution is 5.91. The van der Waals surface area contributed by atoms with Crippen LogP contribution in [0.25, 0.3) is 0 Å². The molecule has 0 aromatic heterocycles. The second-order valence-corrected chi connectivity index (χ2v) is 6.21. The van der Waals surface area contributed by atoms with E-state index >= 15 is 0 Å². The lowest BCUT2D eigenvalue weighted by Crippen LogP contribution is -2.31. The Morgan fingerprint density at radius 1 is 1.04 bits per heavy atom.